The van der Waals surface area contributed by atoms with Gasteiger partial charge in [-0.15, -0.1) is 0 Å². The number of hydrogen-bond donors (Lipinski definition) is 0. The van der Waals surface area contributed by atoms with Crippen LogP contribution >= 0.6 is 0 Å². The molecule has 4 nitrogen and oxygen atoms in total. The van der Waals surface area contributed by atoms with Gasteiger partial charge in [0.2, 0.25) is 0 Å². The van der Waals surface area contributed by atoms with E-state index in [1.807, 2.05) is 88.9 Å². The lowest BCUT2D eigenvalue weighted by molar-refractivity contribution is 0.251. The Morgan fingerprint density at radius 1 is 0.692 bits per heavy atom. The number of nitrogens with zero attached hydrogens (tertiary/aromatic N) is 3. The molecule has 2 heterocycles. The molecule has 0 N–H and O–H groups in total. The van der Waals surface area contributed by atoms with Gasteiger partial charge in [0.1, 0.15) is 0 Å². The topological polar surface area (TPSA) is 26.8 Å². The Hall–Kier alpha value is -3.53. The van der Waals surface area contributed by atoms with Crippen LogP contribution in [-0.2, 0) is 0 Å². The van der Waals surface area contributed by atoms with Gasteiger partial charge in [0, 0.05) is 17.5 Å². The number of rotatable bonds is 2. The first kappa shape index (κ1) is 14.8. The molecule has 4 heteroatoms. The molecular formula is C22H17N3O. The molecule has 1 atom stereocenters. The van der Waals surface area contributed by atoms with Gasteiger partial charge < -0.3 is 0 Å². The van der Waals surface area contributed by atoms with E-state index >= 15 is 0 Å². The maximum atomic E-state index is 13.5. The zero-order valence-electron chi connectivity index (χ0n) is 14.1. The van der Waals surface area contributed by atoms with Crippen molar-refractivity contribution in [2.45, 2.75) is 6.17 Å². The highest BCUT2D eigenvalue weighted by Gasteiger charge is 2.46. The van der Waals surface area contributed by atoms with Gasteiger partial charge in [-0.05, 0) is 35.9 Å². The van der Waals surface area contributed by atoms with E-state index in [1.165, 1.54) is 0 Å². The third kappa shape index (κ3) is 2.12. The van der Waals surface area contributed by atoms with Crippen molar-refractivity contribution < 1.29 is 4.79 Å². The summed E-state index contributed by atoms with van der Waals surface area (Å²) in [7, 11) is 0. The van der Waals surface area contributed by atoms with Crippen LogP contribution < -0.4 is 9.91 Å². The van der Waals surface area contributed by atoms with Crippen LogP contribution in [0.1, 0.15) is 17.3 Å². The number of carbonyl (C=O) groups excluding carboxylic acids is 1. The van der Waals surface area contributed by atoms with Gasteiger partial charge in [0.15, 0.2) is 6.17 Å². The Balaban J connectivity index is 1.70. The van der Waals surface area contributed by atoms with Crippen molar-refractivity contribution >= 4 is 23.5 Å². The number of amides is 2. The van der Waals surface area contributed by atoms with E-state index in [9.17, 15) is 4.79 Å². The molecule has 0 aromatic heterocycles. The summed E-state index contributed by atoms with van der Waals surface area (Å²) >= 11 is 0. The molecule has 3 aromatic carbocycles. The molecule has 2 aliphatic heterocycles. The molecule has 2 aliphatic rings. The second kappa shape index (κ2) is 5.77. The summed E-state index contributed by atoms with van der Waals surface area (Å²) in [5.41, 5.74) is 3.99. The molecule has 0 radical (unpaired) electrons. The van der Waals surface area contributed by atoms with Crippen molar-refractivity contribution in [1.82, 2.24) is 5.01 Å². The van der Waals surface area contributed by atoms with Crippen LogP contribution in [0.3, 0.4) is 0 Å². The van der Waals surface area contributed by atoms with Gasteiger partial charge in [-0.2, -0.15) is 0 Å². The maximum Gasteiger partial charge on any atom is 0.350 e. The van der Waals surface area contributed by atoms with Crippen LogP contribution in [-0.4, -0.2) is 11.0 Å². The summed E-state index contributed by atoms with van der Waals surface area (Å²) in [5.74, 6) is 0. The average molecular weight is 339 g/mol. The summed E-state index contributed by atoms with van der Waals surface area (Å²) < 4.78 is 0. The second-order valence-electron chi connectivity index (χ2n) is 6.33. The van der Waals surface area contributed by atoms with Crippen molar-refractivity contribution in [3.05, 3.63) is 102 Å². The van der Waals surface area contributed by atoms with E-state index in [1.54, 1.807) is 5.01 Å². The molecule has 26 heavy (non-hydrogen) atoms. The lowest BCUT2D eigenvalue weighted by Crippen LogP contribution is -2.36. The molecule has 5 rings (SSSR count). The standard InChI is InChI=1S/C22H17N3O/c26-22-24(18-10-3-1-4-11-18)21-20-14-8-7-9-17(20)15-16-23(21)25(22)19-12-5-2-6-13-19/h1-16,21H/t21-/m1/s1. The van der Waals surface area contributed by atoms with Crippen LogP contribution in [0.25, 0.3) is 6.08 Å². The minimum atomic E-state index is -0.202. The molecule has 3 aromatic rings. The molecule has 1 saturated heterocycles. The van der Waals surface area contributed by atoms with Gasteiger partial charge in [0.05, 0.1) is 5.69 Å². The lowest BCUT2D eigenvalue weighted by Gasteiger charge is -2.34. The highest BCUT2D eigenvalue weighted by Crippen LogP contribution is 2.43. The van der Waals surface area contributed by atoms with E-state index in [2.05, 4.69) is 18.2 Å². The normalized spacial score (nSPS) is 18.1. The van der Waals surface area contributed by atoms with E-state index in [-0.39, 0.29) is 12.2 Å². The largest absolute Gasteiger partial charge is 0.350 e. The quantitative estimate of drug-likeness (QED) is 0.654. The molecule has 0 spiro atoms. The smallest absolute Gasteiger partial charge is 0.265 e. The second-order valence-corrected chi connectivity index (χ2v) is 6.33. The van der Waals surface area contributed by atoms with Crippen molar-refractivity contribution in [2.24, 2.45) is 0 Å². The predicted octanol–water partition coefficient (Wildman–Crippen LogP) is 5.03. The van der Waals surface area contributed by atoms with Gasteiger partial charge >= 0.3 is 6.03 Å². The zero-order valence-corrected chi connectivity index (χ0v) is 14.1. The first-order valence-electron chi connectivity index (χ1n) is 8.63. The van der Waals surface area contributed by atoms with Crippen LogP contribution in [0.4, 0.5) is 16.2 Å². The molecule has 2 amide bonds. The minimum absolute atomic E-state index is 0.0613. The number of hydrogen-bond acceptors (Lipinski definition) is 2. The van der Waals surface area contributed by atoms with E-state index < -0.39 is 0 Å². The van der Waals surface area contributed by atoms with Gasteiger partial charge in [-0.1, -0.05) is 60.7 Å². The third-order valence-electron chi connectivity index (χ3n) is 4.83. The van der Waals surface area contributed by atoms with Crippen molar-refractivity contribution in [2.75, 3.05) is 9.91 Å². The van der Waals surface area contributed by atoms with Gasteiger partial charge in [0.25, 0.3) is 0 Å². The summed E-state index contributed by atoms with van der Waals surface area (Å²) in [4.78, 5) is 15.3. The number of urea groups is 1. The Morgan fingerprint density at radius 2 is 1.31 bits per heavy atom. The number of benzene rings is 3. The summed E-state index contributed by atoms with van der Waals surface area (Å²) in [6.45, 7) is 0. The zero-order chi connectivity index (χ0) is 17.5. The van der Waals surface area contributed by atoms with Gasteiger partial charge in [-0.25, -0.2) is 9.80 Å². The third-order valence-corrected chi connectivity index (χ3v) is 4.83. The van der Waals surface area contributed by atoms with E-state index in [0.717, 1.165) is 22.5 Å². The molecular weight excluding hydrogens is 322 g/mol. The Labute approximate surface area is 152 Å². The molecule has 0 unspecified atom stereocenters. The summed E-state index contributed by atoms with van der Waals surface area (Å²) in [5, 5.41) is 3.75. The van der Waals surface area contributed by atoms with Crippen LogP contribution in [0.15, 0.2) is 91.1 Å². The highest BCUT2D eigenvalue weighted by atomic mass is 16.2. The molecule has 0 aliphatic carbocycles. The Morgan fingerprint density at radius 3 is 2.04 bits per heavy atom. The van der Waals surface area contributed by atoms with Crippen molar-refractivity contribution in [3.63, 3.8) is 0 Å². The van der Waals surface area contributed by atoms with Crippen LogP contribution in [0, 0.1) is 0 Å². The fraction of sp³-hybridized carbons (Fsp3) is 0.0455. The number of carbonyl (C=O) groups is 1. The molecule has 0 saturated carbocycles. The maximum absolute atomic E-state index is 13.5. The number of anilines is 2. The molecule has 126 valence electrons. The number of hydrazine groups is 1. The van der Waals surface area contributed by atoms with E-state index in [0.29, 0.717) is 0 Å². The summed E-state index contributed by atoms with van der Waals surface area (Å²) in [6.07, 6.45) is 3.84. The highest BCUT2D eigenvalue weighted by molar-refractivity contribution is 6.06. The fourth-order valence-corrected chi connectivity index (χ4v) is 3.67. The first-order chi connectivity index (χ1) is 12.8. The number of fused-ring (bicyclic) bond motifs is 3. The lowest BCUT2D eigenvalue weighted by atomic mass is 10.0. The van der Waals surface area contributed by atoms with Crippen LogP contribution in [0.5, 0.6) is 0 Å². The first-order valence-corrected chi connectivity index (χ1v) is 8.63. The SMILES string of the molecule is O=C1N(c2ccccc2)[C@@H]2c3ccccc3C=CN2N1c1ccccc1. The van der Waals surface area contributed by atoms with Crippen molar-refractivity contribution in [3.8, 4) is 0 Å². The van der Waals surface area contributed by atoms with Crippen molar-refractivity contribution in [1.29, 1.82) is 0 Å². The predicted molar refractivity (Wildman–Crippen MR) is 103 cm³/mol. The van der Waals surface area contributed by atoms with Gasteiger partial charge in [-0.3, -0.25) is 9.91 Å². The molecule has 0 bridgehead atoms. The molecule has 1 fully saturated rings. The number of para-hydroxylation sites is 2. The fourth-order valence-electron chi connectivity index (χ4n) is 3.67. The minimum Gasteiger partial charge on any atom is -0.265 e. The monoisotopic (exact) mass is 339 g/mol. The van der Waals surface area contributed by atoms with Crippen LogP contribution in [0.2, 0.25) is 0 Å². The Kier molecular flexibility index (Phi) is 3.28. The Bertz CT molecular complexity index is 985. The van der Waals surface area contributed by atoms with E-state index in [4.69, 9.17) is 0 Å². The average Bonchev–Trinajstić information content (AvgIpc) is 3.01. The summed E-state index contributed by atoms with van der Waals surface area (Å²) in [6, 6.07) is 27.8.